The number of rotatable bonds is 3. The zero-order valence-electron chi connectivity index (χ0n) is 7.38. The summed E-state index contributed by atoms with van der Waals surface area (Å²) in [6.07, 6.45) is 0.806. The van der Waals surface area contributed by atoms with Gasteiger partial charge in [0.2, 0.25) is 0 Å². The summed E-state index contributed by atoms with van der Waals surface area (Å²) in [7, 11) is 0. The first-order valence-corrected chi connectivity index (χ1v) is 4.25. The van der Waals surface area contributed by atoms with Gasteiger partial charge >= 0.3 is 0 Å². The van der Waals surface area contributed by atoms with E-state index in [1.807, 2.05) is 6.92 Å². The van der Waals surface area contributed by atoms with Crippen molar-refractivity contribution in [3.05, 3.63) is 0 Å². The maximum Gasteiger partial charge on any atom is 0.0639 e. The summed E-state index contributed by atoms with van der Waals surface area (Å²) in [4.78, 5) is 2.19. The lowest BCUT2D eigenvalue weighted by Gasteiger charge is -2.47. The SMILES string of the molecule is CCC1(N)CN(CC(C)O)C1. The van der Waals surface area contributed by atoms with Crippen molar-refractivity contribution in [2.45, 2.75) is 31.9 Å². The number of aliphatic hydroxyl groups excluding tert-OH is 1. The minimum absolute atomic E-state index is 0.0366. The van der Waals surface area contributed by atoms with Crippen LogP contribution in [0, 0.1) is 0 Å². The minimum atomic E-state index is -0.226. The Labute approximate surface area is 68.2 Å². The molecule has 11 heavy (non-hydrogen) atoms. The van der Waals surface area contributed by atoms with Crippen LogP contribution in [0.5, 0.6) is 0 Å². The van der Waals surface area contributed by atoms with Gasteiger partial charge in [-0.05, 0) is 13.3 Å². The van der Waals surface area contributed by atoms with Crippen molar-refractivity contribution in [3.63, 3.8) is 0 Å². The van der Waals surface area contributed by atoms with Gasteiger partial charge in [-0.3, -0.25) is 4.90 Å². The zero-order chi connectivity index (χ0) is 8.48. The Morgan fingerprint density at radius 3 is 2.55 bits per heavy atom. The maximum absolute atomic E-state index is 9.05. The van der Waals surface area contributed by atoms with E-state index in [0.29, 0.717) is 0 Å². The topological polar surface area (TPSA) is 49.5 Å². The second-order valence-corrected chi connectivity index (χ2v) is 3.73. The third kappa shape index (κ3) is 2.15. The van der Waals surface area contributed by atoms with Crippen molar-refractivity contribution in [1.82, 2.24) is 4.90 Å². The van der Waals surface area contributed by atoms with E-state index in [1.165, 1.54) is 0 Å². The summed E-state index contributed by atoms with van der Waals surface area (Å²) in [6.45, 7) is 6.56. The standard InChI is InChI=1S/C8H18N2O/c1-3-8(9)5-10(6-8)4-7(2)11/h7,11H,3-6,9H2,1-2H3. The number of nitrogens with zero attached hydrogens (tertiary/aromatic N) is 1. The van der Waals surface area contributed by atoms with Crippen LogP contribution in [0.15, 0.2) is 0 Å². The normalized spacial score (nSPS) is 26.2. The van der Waals surface area contributed by atoms with Crippen LogP contribution in [0.3, 0.4) is 0 Å². The predicted octanol–water partition coefficient (Wildman–Crippen LogP) is -0.210. The van der Waals surface area contributed by atoms with Crippen molar-refractivity contribution >= 4 is 0 Å². The summed E-state index contributed by atoms with van der Waals surface area (Å²) in [6, 6.07) is 0. The first-order chi connectivity index (χ1) is 5.06. The van der Waals surface area contributed by atoms with Gasteiger partial charge in [0.25, 0.3) is 0 Å². The molecule has 1 saturated heterocycles. The molecule has 0 radical (unpaired) electrons. The largest absolute Gasteiger partial charge is 0.392 e. The van der Waals surface area contributed by atoms with Crippen LogP contribution in [0.1, 0.15) is 20.3 Å². The smallest absolute Gasteiger partial charge is 0.0639 e. The molecule has 1 fully saturated rings. The predicted molar refractivity (Wildman–Crippen MR) is 45.3 cm³/mol. The van der Waals surface area contributed by atoms with Crippen molar-refractivity contribution in [2.24, 2.45) is 5.73 Å². The van der Waals surface area contributed by atoms with E-state index in [2.05, 4.69) is 11.8 Å². The lowest BCUT2D eigenvalue weighted by Crippen LogP contribution is -2.67. The number of hydrogen-bond donors (Lipinski definition) is 2. The van der Waals surface area contributed by atoms with Crippen molar-refractivity contribution in [2.75, 3.05) is 19.6 Å². The Balaban J connectivity index is 2.18. The second-order valence-electron chi connectivity index (χ2n) is 3.73. The fraction of sp³-hybridized carbons (Fsp3) is 1.00. The number of β-amino-alcohol motifs (C(OH)–C–C–N with tert-alkyl or cyclic N) is 1. The van der Waals surface area contributed by atoms with E-state index < -0.39 is 0 Å². The summed E-state index contributed by atoms with van der Waals surface area (Å²) in [5, 5.41) is 9.05. The van der Waals surface area contributed by atoms with Crippen LogP contribution in [-0.4, -0.2) is 41.3 Å². The molecule has 0 saturated carbocycles. The number of nitrogens with two attached hydrogens (primary N) is 1. The molecule has 3 nitrogen and oxygen atoms in total. The highest BCUT2D eigenvalue weighted by molar-refractivity contribution is 4.98. The van der Waals surface area contributed by atoms with E-state index in [9.17, 15) is 0 Å². The molecule has 66 valence electrons. The fourth-order valence-corrected chi connectivity index (χ4v) is 1.57. The molecule has 0 amide bonds. The lowest BCUT2D eigenvalue weighted by atomic mass is 9.88. The summed E-state index contributed by atoms with van der Waals surface area (Å²) in [5.41, 5.74) is 5.98. The third-order valence-corrected chi connectivity index (χ3v) is 2.30. The molecule has 0 aliphatic carbocycles. The van der Waals surface area contributed by atoms with E-state index in [0.717, 1.165) is 26.1 Å². The van der Waals surface area contributed by atoms with Crippen LogP contribution in [0.2, 0.25) is 0 Å². The summed E-state index contributed by atoms with van der Waals surface area (Å²) < 4.78 is 0. The van der Waals surface area contributed by atoms with Gasteiger partial charge in [-0.2, -0.15) is 0 Å². The molecule has 0 aromatic carbocycles. The van der Waals surface area contributed by atoms with E-state index >= 15 is 0 Å². The molecular weight excluding hydrogens is 140 g/mol. The highest BCUT2D eigenvalue weighted by Gasteiger charge is 2.37. The molecule has 1 heterocycles. The van der Waals surface area contributed by atoms with Gasteiger partial charge in [0.1, 0.15) is 0 Å². The van der Waals surface area contributed by atoms with Crippen LogP contribution >= 0.6 is 0 Å². The van der Waals surface area contributed by atoms with E-state index in [4.69, 9.17) is 10.8 Å². The lowest BCUT2D eigenvalue weighted by molar-refractivity contribution is 0.0273. The van der Waals surface area contributed by atoms with Crippen LogP contribution in [0.25, 0.3) is 0 Å². The van der Waals surface area contributed by atoms with Gasteiger partial charge in [0, 0.05) is 25.2 Å². The zero-order valence-corrected chi connectivity index (χ0v) is 7.38. The molecule has 1 aliphatic heterocycles. The minimum Gasteiger partial charge on any atom is -0.392 e. The quantitative estimate of drug-likeness (QED) is 0.597. The van der Waals surface area contributed by atoms with Crippen LogP contribution in [0.4, 0.5) is 0 Å². The Bertz CT molecular complexity index is 130. The summed E-state index contributed by atoms with van der Waals surface area (Å²) in [5.74, 6) is 0. The average molecular weight is 158 g/mol. The number of hydrogen-bond acceptors (Lipinski definition) is 3. The Morgan fingerprint density at radius 2 is 2.18 bits per heavy atom. The monoisotopic (exact) mass is 158 g/mol. The molecule has 1 unspecified atom stereocenters. The Hall–Kier alpha value is -0.120. The van der Waals surface area contributed by atoms with E-state index in [-0.39, 0.29) is 11.6 Å². The van der Waals surface area contributed by atoms with Gasteiger partial charge in [-0.25, -0.2) is 0 Å². The molecule has 3 N–H and O–H groups in total. The second kappa shape index (κ2) is 3.09. The number of likely N-dealkylation sites (tertiary alicyclic amines) is 1. The average Bonchev–Trinajstić information content (AvgIpc) is 1.83. The first kappa shape index (κ1) is 8.97. The molecule has 1 rings (SSSR count). The molecule has 1 aliphatic rings. The van der Waals surface area contributed by atoms with Gasteiger partial charge in [0.15, 0.2) is 0 Å². The van der Waals surface area contributed by atoms with Gasteiger partial charge < -0.3 is 10.8 Å². The fourth-order valence-electron chi connectivity index (χ4n) is 1.57. The molecule has 0 aromatic heterocycles. The van der Waals surface area contributed by atoms with Crippen LogP contribution < -0.4 is 5.73 Å². The highest BCUT2D eigenvalue weighted by Crippen LogP contribution is 2.20. The van der Waals surface area contributed by atoms with Gasteiger partial charge in [0.05, 0.1) is 6.10 Å². The third-order valence-electron chi connectivity index (χ3n) is 2.30. The maximum atomic E-state index is 9.05. The van der Waals surface area contributed by atoms with Gasteiger partial charge in [-0.1, -0.05) is 6.92 Å². The Morgan fingerprint density at radius 1 is 1.64 bits per heavy atom. The van der Waals surface area contributed by atoms with Crippen molar-refractivity contribution in [3.8, 4) is 0 Å². The molecule has 3 heteroatoms. The van der Waals surface area contributed by atoms with E-state index in [1.54, 1.807) is 0 Å². The highest BCUT2D eigenvalue weighted by atomic mass is 16.3. The first-order valence-electron chi connectivity index (χ1n) is 4.25. The molecule has 1 atom stereocenters. The molecule has 0 aromatic rings. The Kier molecular flexibility index (Phi) is 2.52. The molecular formula is C8H18N2O. The van der Waals surface area contributed by atoms with Crippen molar-refractivity contribution in [1.29, 1.82) is 0 Å². The molecule has 0 bridgehead atoms. The molecule has 0 spiro atoms. The van der Waals surface area contributed by atoms with Crippen LogP contribution in [-0.2, 0) is 0 Å². The van der Waals surface area contributed by atoms with Gasteiger partial charge in [-0.15, -0.1) is 0 Å². The summed E-state index contributed by atoms with van der Waals surface area (Å²) >= 11 is 0. The van der Waals surface area contributed by atoms with Crippen molar-refractivity contribution < 1.29 is 5.11 Å². The number of aliphatic hydroxyl groups is 1.